The van der Waals surface area contributed by atoms with Crippen molar-refractivity contribution in [3.63, 3.8) is 0 Å². The number of rotatable bonds is 5. The van der Waals surface area contributed by atoms with Crippen molar-refractivity contribution in [3.05, 3.63) is 65.2 Å². The van der Waals surface area contributed by atoms with Gasteiger partial charge in [-0.1, -0.05) is 17.7 Å². The molecule has 1 fully saturated rings. The molecule has 29 heavy (non-hydrogen) atoms. The summed E-state index contributed by atoms with van der Waals surface area (Å²) in [5.74, 6) is -2.40. The number of hydrogen-bond donors (Lipinski definition) is 2. The van der Waals surface area contributed by atoms with Crippen molar-refractivity contribution in [3.8, 4) is 0 Å². The lowest BCUT2D eigenvalue weighted by Crippen LogP contribution is -2.39. The zero-order valence-corrected chi connectivity index (χ0v) is 16.3. The van der Waals surface area contributed by atoms with Crippen LogP contribution in [0.3, 0.4) is 0 Å². The minimum absolute atomic E-state index is 0.00971. The molecular formula is C21H24F2N4O2. The van der Waals surface area contributed by atoms with Crippen LogP contribution in [0.25, 0.3) is 0 Å². The number of benzene rings is 2. The molecule has 8 heteroatoms. The molecule has 3 rings (SSSR count). The van der Waals surface area contributed by atoms with Gasteiger partial charge in [0.05, 0.1) is 19.8 Å². The van der Waals surface area contributed by atoms with E-state index in [0.717, 1.165) is 43.0 Å². The van der Waals surface area contributed by atoms with Crippen molar-refractivity contribution < 1.29 is 18.3 Å². The van der Waals surface area contributed by atoms with E-state index < -0.39 is 17.5 Å². The lowest BCUT2D eigenvalue weighted by molar-refractivity contribution is 0.0394. The van der Waals surface area contributed by atoms with Crippen LogP contribution in [0.5, 0.6) is 0 Å². The number of hydrogen-bond acceptors (Lipinski definition) is 4. The van der Waals surface area contributed by atoms with E-state index in [-0.39, 0.29) is 11.5 Å². The van der Waals surface area contributed by atoms with Crippen molar-refractivity contribution in [2.75, 3.05) is 44.7 Å². The third kappa shape index (κ3) is 6.33. The van der Waals surface area contributed by atoms with Crippen LogP contribution < -0.4 is 10.6 Å². The Morgan fingerprint density at radius 1 is 1.10 bits per heavy atom. The molecule has 2 N–H and O–H groups in total. The number of aryl methyl sites for hydroxylation is 1. The molecule has 0 spiro atoms. The summed E-state index contributed by atoms with van der Waals surface area (Å²) in [6.07, 6.45) is 0. The molecule has 0 atom stereocenters. The predicted molar refractivity (Wildman–Crippen MR) is 108 cm³/mol. The molecule has 1 amide bonds. The van der Waals surface area contributed by atoms with Gasteiger partial charge < -0.3 is 10.1 Å². The van der Waals surface area contributed by atoms with Crippen LogP contribution in [0.15, 0.2) is 47.5 Å². The number of nitrogens with zero attached hydrogens (tertiary/aromatic N) is 2. The molecule has 0 bridgehead atoms. The number of anilines is 1. The maximum absolute atomic E-state index is 13.5. The average molecular weight is 402 g/mol. The van der Waals surface area contributed by atoms with Gasteiger partial charge in [-0.05, 0) is 37.3 Å². The summed E-state index contributed by atoms with van der Waals surface area (Å²) in [5, 5.41) is 5.73. The van der Waals surface area contributed by atoms with Crippen LogP contribution in [0, 0.1) is 18.6 Å². The van der Waals surface area contributed by atoms with Gasteiger partial charge in [-0.15, -0.1) is 0 Å². The van der Waals surface area contributed by atoms with Crippen LogP contribution >= 0.6 is 0 Å². The molecule has 2 aromatic carbocycles. The van der Waals surface area contributed by atoms with Gasteiger partial charge in [0.1, 0.15) is 0 Å². The van der Waals surface area contributed by atoms with E-state index in [4.69, 9.17) is 4.74 Å². The Hall–Kier alpha value is -2.84. The zero-order valence-electron chi connectivity index (χ0n) is 16.3. The molecular weight excluding hydrogens is 378 g/mol. The Bertz CT molecular complexity index is 865. The topological polar surface area (TPSA) is 66.0 Å². The van der Waals surface area contributed by atoms with E-state index in [1.165, 1.54) is 6.07 Å². The lowest BCUT2D eigenvalue weighted by Gasteiger charge is -2.25. The molecule has 0 unspecified atom stereocenters. The van der Waals surface area contributed by atoms with Crippen LogP contribution in [0.4, 0.5) is 14.5 Å². The van der Waals surface area contributed by atoms with Crippen LogP contribution in [0.1, 0.15) is 15.9 Å². The first-order valence-corrected chi connectivity index (χ1v) is 9.46. The third-order valence-electron chi connectivity index (χ3n) is 4.52. The first-order valence-electron chi connectivity index (χ1n) is 9.46. The fourth-order valence-corrected chi connectivity index (χ4v) is 2.83. The number of guanidine groups is 1. The van der Waals surface area contributed by atoms with Crippen molar-refractivity contribution in [2.24, 2.45) is 4.99 Å². The van der Waals surface area contributed by atoms with E-state index in [0.29, 0.717) is 19.8 Å². The second-order valence-corrected chi connectivity index (χ2v) is 6.76. The van der Waals surface area contributed by atoms with Gasteiger partial charge in [-0.3, -0.25) is 20.0 Å². The van der Waals surface area contributed by atoms with E-state index in [9.17, 15) is 13.6 Å². The Labute approximate surface area is 168 Å². The lowest BCUT2D eigenvalue weighted by atomic mass is 10.2. The van der Waals surface area contributed by atoms with E-state index in [2.05, 4.69) is 20.5 Å². The molecule has 154 valence electrons. The summed E-state index contributed by atoms with van der Waals surface area (Å²) in [6.45, 7) is 6.26. The normalized spacial score (nSPS) is 15.2. The molecule has 0 saturated carbocycles. The highest BCUT2D eigenvalue weighted by Gasteiger charge is 2.13. The number of aliphatic imine (C=N–C) groups is 1. The standard InChI is InChI=1S/C21H24F2N4O2/c1-15-2-5-17(6-3-15)25-21(24-8-9-27-10-12-29-13-11-27)26-20(28)16-4-7-18(22)19(23)14-16/h2-7,14H,8-13H2,1H3,(H2,24,25,26,28). The monoisotopic (exact) mass is 402 g/mol. The highest BCUT2D eigenvalue weighted by molar-refractivity contribution is 6.09. The number of nitrogens with one attached hydrogen (secondary N) is 2. The molecule has 1 heterocycles. The van der Waals surface area contributed by atoms with Gasteiger partial charge in [0.15, 0.2) is 11.6 Å². The maximum atomic E-state index is 13.5. The second kappa shape index (κ2) is 10.1. The SMILES string of the molecule is Cc1ccc(NC(=NCCN2CCOCC2)NC(=O)c2ccc(F)c(F)c2)cc1. The second-order valence-electron chi connectivity index (χ2n) is 6.76. The Kier molecular flexibility index (Phi) is 7.26. The molecule has 0 aromatic heterocycles. The van der Waals surface area contributed by atoms with Gasteiger partial charge in [-0.25, -0.2) is 8.78 Å². The number of morpholine rings is 1. The minimum Gasteiger partial charge on any atom is -0.379 e. The highest BCUT2D eigenvalue weighted by Crippen LogP contribution is 2.10. The number of carbonyl (C=O) groups is 1. The first-order chi connectivity index (χ1) is 14.0. The van der Waals surface area contributed by atoms with Crippen LogP contribution in [-0.4, -0.2) is 56.2 Å². The van der Waals surface area contributed by atoms with Crippen LogP contribution in [0.2, 0.25) is 0 Å². The summed E-state index contributed by atoms with van der Waals surface area (Å²) in [6, 6.07) is 10.6. The Balaban J connectivity index is 1.69. The summed E-state index contributed by atoms with van der Waals surface area (Å²) in [5.41, 5.74) is 1.87. The van der Waals surface area contributed by atoms with Gasteiger partial charge in [-0.2, -0.15) is 0 Å². The van der Waals surface area contributed by atoms with Gasteiger partial charge in [0.25, 0.3) is 5.91 Å². The van der Waals surface area contributed by atoms with Gasteiger partial charge >= 0.3 is 0 Å². The highest BCUT2D eigenvalue weighted by atomic mass is 19.2. The number of carbonyl (C=O) groups excluding carboxylic acids is 1. The van der Waals surface area contributed by atoms with Crippen LogP contribution in [-0.2, 0) is 4.74 Å². The predicted octanol–water partition coefficient (Wildman–Crippen LogP) is 2.80. The number of amides is 1. The fraction of sp³-hybridized carbons (Fsp3) is 0.333. The molecule has 0 aliphatic carbocycles. The Morgan fingerprint density at radius 2 is 1.83 bits per heavy atom. The van der Waals surface area contributed by atoms with Crippen molar-refractivity contribution in [1.82, 2.24) is 10.2 Å². The van der Waals surface area contributed by atoms with Crippen molar-refractivity contribution >= 4 is 17.6 Å². The Morgan fingerprint density at radius 3 is 2.52 bits per heavy atom. The van der Waals surface area contributed by atoms with Crippen molar-refractivity contribution in [1.29, 1.82) is 0 Å². The van der Waals surface area contributed by atoms with E-state index in [1.807, 2.05) is 31.2 Å². The largest absolute Gasteiger partial charge is 0.379 e. The van der Waals surface area contributed by atoms with Crippen molar-refractivity contribution in [2.45, 2.75) is 6.92 Å². The van der Waals surface area contributed by atoms with Gasteiger partial charge in [0, 0.05) is 30.9 Å². The molecule has 0 radical (unpaired) electrons. The average Bonchev–Trinajstić information content (AvgIpc) is 2.72. The quantitative estimate of drug-likeness (QED) is 0.596. The smallest absolute Gasteiger partial charge is 0.258 e. The third-order valence-corrected chi connectivity index (χ3v) is 4.52. The van der Waals surface area contributed by atoms with E-state index in [1.54, 1.807) is 0 Å². The van der Waals surface area contributed by atoms with E-state index >= 15 is 0 Å². The number of halogens is 2. The molecule has 2 aromatic rings. The first kappa shape index (κ1) is 20.9. The zero-order chi connectivity index (χ0) is 20.6. The molecule has 1 aliphatic heterocycles. The summed E-state index contributed by atoms with van der Waals surface area (Å²) in [7, 11) is 0. The number of ether oxygens (including phenoxy) is 1. The summed E-state index contributed by atoms with van der Waals surface area (Å²) >= 11 is 0. The molecule has 6 nitrogen and oxygen atoms in total. The fourth-order valence-electron chi connectivity index (χ4n) is 2.83. The summed E-state index contributed by atoms with van der Waals surface area (Å²) < 4.78 is 31.9. The minimum atomic E-state index is -1.07. The molecule has 1 saturated heterocycles. The maximum Gasteiger partial charge on any atom is 0.258 e. The van der Waals surface area contributed by atoms with Gasteiger partial charge in [0.2, 0.25) is 5.96 Å². The molecule has 1 aliphatic rings. The summed E-state index contributed by atoms with van der Waals surface area (Å²) in [4.78, 5) is 19.2.